The Hall–Kier alpha value is -1.12. The zero-order valence-corrected chi connectivity index (χ0v) is 11.5. The Morgan fingerprint density at radius 1 is 1.17 bits per heavy atom. The first-order chi connectivity index (χ1) is 8.24. The molecule has 0 bridgehead atoms. The van der Waals surface area contributed by atoms with Gasteiger partial charge in [0, 0.05) is 12.2 Å². The Balaban J connectivity index is 2.94. The van der Waals surface area contributed by atoms with E-state index in [1.54, 1.807) is 12.1 Å². The van der Waals surface area contributed by atoms with Gasteiger partial charge in [0.25, 0.3) is 10.1 Å². The molecule has 0 spiro atoms. The van der Waals surface area contributed by atoms with Gasteiger partial charge in [-0.2, -0.15) is 8.42 Å². The number of benzene rings is 1. The summed E-state index contributed by atoms with van der Waals surface area (Å²) in [5.74, 6) is -1.44. The van der Waals surface area contributed by atoms with Crippen molar-refractivity contribution in [2.24, 2.45) is 0 Å². The lowest BCUT2D eigenvalue weighted by Crippen LogP contribution is -2.16. The van der Waals surface area contributed by atoms with Crippen molar-refractivity contribution in [1.29, 1.82) is 0 Å². The van der Waals surface area contributed by atoms with E-state index in [2.05, 4.69) is 5.32 Å². The summed E-state index contributed by atoms with van der Waals surface area (Å²) in [5, 5.41) is 2.96. The van der Waals surface area contributed by atoms with Crippen LogP contribution in [0, 0.1) is 0 Å². The SMILES string of the molecule is CCNc1cccc(S(=O)(=O)CCS(=O)(=O)O)c1. The van der Waals surface area contributed by atoms with Gasteiger partial charge >= 0.3 is 0 Å². The third-order valence-corrected chi connectivity index (χ3v) is 4.88. The second-order valence-corrected chi connectivity index (χ2v) is 7.34. The molecular weight excluding hydrogens is 278 g/mol. The Labute approximate surface area is 107 Å². The Morgan fingerprint density at radius 2 is 1.83 bits per heavy atom. The highest BCUT2D eigenvalue weighted by Gasteiger charge is 2.18. The van der Waals surface area contributed by atoms with E-state index < -0.39 is 31.5 Å². The Bertz CT molecular complexity index is 607. The summed E-state index contributed by atoms with van der Waals surface area (Å²) in [6.45, 7) is 2.52. The van der Waals surface area contributed by atoms with Crippen LogP contribution < -0.4 is 5.32 Å². The second-order valence-electron chi connectivity index (χ2n) is 3.66. The van der Waals surface area contributed by atoms with Crippen LogP contribution in [0.5, 0.6) is 0 Å². The molecule has 8 heteroatoms. The zero-order valence-electron chi connectivity index (χ0n) is 9.83. The molecule has 0 aliphatic rings. The van der Waals surface area contributed by atoms with E-state index in [1.165, 1.54) is 12.1 Å². The first-order valence-corrected chi connectivity index (χ1v) is 8.52. The van der Waals surface area contributed by atoms with Gasteiger partial charge in [-0.25, -0.2) is 8.42 Å². The van der Waals surface area contributed by atoms with Crippen LogP contribution in [0.15, 0.2) is 29.2 Å². The molecule has 0 saturated carbocycles. The summed E-state index contributed by atoms with van der Waals surface area (Å²) in [6, 6.07) is 6.10. The molecule has 0 aliphatic heterocycles. The molecule has 102 valence electrons. The quantitative estimate of drug-likeness (QED) is 0.752. The Kier molecular flexibility index (Phi) is 4.71. The summed E-state index contributed by atoms with van der Waals surface area (Å²) in [5.41, 5.74) is 0.644. The number of sulfone groups is 1. The van der Waals surface area contributed by atoms with Crippen molar-refractivity contribution in [3.63, 3.8) is 0 Å². The maximum atomic E-state index is 11.8. The van der Waals surface area contributed by atoms with Crippen LogP contribution >= 0.6 is 0 Å². The van der Waals surface area contributed by atoms with E-state index in [-0.39, 0.29) is 4.90 Å². The fourth-order valence-electron chi connectivity index (χ4n) is 1.34. The summed E-state index contributed by atoms with van der Waals surface area (Å²) < 4.78 is 53.3. The van der Waals surface area contributed by atoms with Crippen molar-refractivity contribution in [3.8, 4) is 0 Å². The van der Waals surface area contributed by atoms with Gasteiger partial charge in [-0.3, -0.25) is 4.55 Å². The minimum atomic E-state index is -4.28. The van der Waals surface area contributed by atoms with Gasteiger partial charge in [-0.05, 0) is 25.1 Å². The molecule has 0 aromatic heterocycles. The molecule has 0 unspecified atom stereocenters. The minimum absolute atomic E-state index is 0.0320. The lowest BCUT2D eigenvalue weighted by molar-refractivity contribution is 0.484. The van der Waals surface area contributed by atoms with Gasteiger partial charge in [0.05, 0.1) is 16.4 Å². The van der Waals surface area contributed by atoms with Crippen molar-refractivity contribution >= 4 is 25.6 Å². The number of hydrogen-bond donors (Lipinski definition) is 2. The molecule has 0 fully saturated rings. The predicted molar refractivity (Wildman–Crippen MR) is 69.1 cm³/mol. The van der Waals surface area contributed by atoms with Gasteiger partial charge in [0.2, 0.25) is 0 Å². The van der Waals surface area contributed by atoms with E-state index in [0.717, 1.165) is 0 Å². The van der Waals surface area contributed by atoms with Crippen molar-refractivity contribution in [2.45, 2.75) is 11.8 Å². The maximum absolute atomic E-state index is 11.8. The molecule has 18 heavy (non-hydrogen) atoms. The van der Waals surface area contributed by atoms with Crippen molar-refractivity contribution < 1.29 is 21.4 Å². The topological polar surface area (TPSA) is 101 Å². The van der Waals surface area contributed by atoms with Crippen LogP contribution in [0.2, 0.25) is 0 Å². The molecular formula is C10H15NO5S2. The van der Waals surface area contributed by atoms with Crippen LogP contribution in [0.3, 0.4) is 0 Å². The monoisotopic (exact) mass is 293 g/mol. The maximum Gasteiger partial charge on any atom is 0.265 e. The third-order valence-electron chi connectivity index (χ3n) is 2.18. The number of hydrogen-bond acceptors (Lipinski definition) is 5. The van der Waals surface area contributed by atoms with E-state index >= 15 is 0 Å². The minimum Gasteiger partial charge on any atom is -0.385 e. The molecule has 0 heterocycles. The standard InChI is InChI=1S/C10H15NO5S2/c1-2-11-9-4-3-5-10(8-9)17(12,13)6-7-18(14,15)16/h3-5,8,11H,2,6-7H2,1H3,(H,14,15,16). The van der Waals surface area contributed by atoms with Crippen molar-refractivity contribution in [1.82, 2.24) is 0 Å². The lowest BCUT2D eigenvalue weighted by Gasteiger charge is -2.07. The lowest BCUT2D eigenvalue weighted by atomic mass is 10.3. The fourth-order valence-corrected chi connectivity index (χ4v) is 3.88. The molecule has 0 saturated heterocycles. The van der Waals surface area contributed by atoms with Gasteiger partial charge in [0.15, 0.2) is 9.84 Å². The second kappa shape index (κ2) is 5.68. The first-order valence-electron chi connectivity index (χ1n) is 5.26. The smallest absolute Gasteiger partial charge is 0.265 e. The predicted octanol–water partition coefficient (Wildman–Crippen LogP) is 0.780. The molecule has 0 radical (unpaired) electrons. The molecule has 0 amide bonds. The first kappa shape index (κ1) is 14.9. The van der Waals surface area contributed by atoms with E-state index in [9.17, 15) is 16.8 Å². The van der Waals surface area contributed by atoms with Crippen molar-refractivity contribution in [2.75, 3.05) is 23.4 Å². The number of rotatable bonds is 6. The number of anilines is 1. The van der Waals surface area contributed by atoms with E-state index in [0.29, 0.717) is 12.2 Å². The normalized spacial score (nSPS) is 12.3. The van der Waals surface area contributed by atoms with E-state index in [4.69, 9.17) is 4.55 Å². The van der Waals surface area contributed by atoms with Gasteiger partial charge in [-0.1, -0.05) is 6.07 Å². The molecule has 6 nitrogen and oxygen atoms in total. The largest absolute Gasteiger partial charge is 0.385 e. The average Bonchev–Trinajstić information content (AvgIpc) is 2.27. The summed E-state index contributed by atoms with van der Waals surface area (Å²) in [7, 11) is -7.99. The average molecular weight is 293 g/mol. The highest BCUT2D eigenvalue weighted by Crippen LogP contribution is 2.16. The van der Waals surface area contributed by atoms with Crippen LogP contribution in [0.25, 0.3) is 0 Å². The number of nitrogens with one attached hydrogen (secondary N) is 1. The highest BCUT2D eigenvalue weighted by molar-refractivity contribution is 7.93. The summed E-state index contributed by atoms with van der Waals surface area (Å²) in [4.78, 5) is 0.0320. The van der Waals surface area contributed by atoms with Crippen LogP contribution in [0.1, 0.15) is 6.92 Å². The molecule has 2 N–H and O–H groups in total. The fraction of sp³-hybridized carbons (Fsp3) is 0.400. The van der Waals surface area contributed by atoms with Crippen molar-refractivity contribution in [3.05, 3.63) is 24.3 Å². The third kappa shape index (κ3) is 4.63. The zero-order chi connectivity index (χ0) is 13.8. The van der Waals surface area contributed by atoms with Gasteiger partial charge in [-0.15, -0.1) is 0 Å². The molecule has 0 aliphatic carbocycles. The molecule has 0 atom stereocenters. The van der Waals surface area contributed by atoms with Crippen LogP contribution in [-0.2, 0) is 20.0 Å². The van der Waals surface area contributed by atoms with E-state index in [1.807, 2.05) is 6.92 Å². The van der Waals surface area contributed by atoms with Crippen LogP contribution in [0.4, 0.5) is 5.69 Å². The Morgan fingerprint density at radius 3 is 2.39 bits per heavy atom. The highest BCUT2D eigenvalue weighted by atomic mass is 32.2. The molecule has 1 rings (SSSR count). The molecule has 1 aromatic carbocycles. The summed E-state index contributed by atoms with van der Waals surface area (Å²) in [6.07, 6.45) is 0. The van der Waals surface area contributed by atoms with Gasteiger partial charge < -0.3 is 5.32 Å². The molecule has 1 aromatic rings. The van der Waals surface area contributed by atoms with Gasteiger partial charge in [0.1, 0.15) is 0 Å². The van der Waals surface area contributed by atoms with Crippen LogP contribution in [-0.4, -0.2) is 39.4 Å². The summed E-state index contributed by atoms with van der Waals surface area (Å²) >= 11 is 0.